The van der Waals surface area contributed by atoms with Crippen molar-refractivity contribution in [2.75, 3.05) is 0 Å². The summed E-state index contributed by atoms with van der Waals surface area (Å²) in [5, 5.41) is 20.4. The fourth-order valence-corrected chi connectivity index (χ4v) is 4.76. The van der Waals surface area contributed by atoms with Crippen molar-refractivity contribution in [2.24, 2.45) is 5.41 Å². The van der Waals surface area contributed by atoms with E-state index in [9.17, 15) is 15.3 Å². The first-order valence-corrected chi connectivity index (χ1v) is 9.46. The average Bonchev–Trinajstić information content (AvgIpc) is 3.00. The van der Waals surface area contributed by atoms with Crippen LogP contribution in [0.4, 0.5) is 0 Å². The third-order valence-electron chi connectivity index (χ3n) is 5.59. The summed E-state index contributed by atoms with van der Waals surface area (Å²) in [5.41, 5.74) is 1.34. The molecule has 132 valence electrons. The van der Waals surface area contributed by atoms with E-state index in [1.54, 1.807) is 0 Å². The molecule has 3 atom stereocenters. The first kappa shape index (κ1) is 17.5. The second-order valence-corrected chi connectivity index (χ2v) is 7.89. The van der Waals surface area contributed by atoms with Gasteiger partial charge < -0.3 is 4.90 Å². The minimum atomic E-state index is -1.37. The highest BCUT2D eigenvalue weighted by atomic mass is 79.9. The SMILES string of the molecule is CC(=O)[C@@H]1[C@@H](c2ccc(Br)cc2)C(C#N)(C#N)[C@@H]2c3ccccc3C=CN12. The number of Topliss-reactive ketones (excluding diaryl/α,β-unsaturated/α-hetero) is 1. The van der Waals surface area contributed by atoms with Crippen LogP contribution in [-0.2, 0) is 4.79 Å². The first-order chi connectivity index (χ1) is 13.0. The fraction of sp³-hybridized carbons (Fsp3) is 0.227. The van der Waals surface area contributed by atoms with E-state index in [0.717, 1.165) is 21.2 Å². The van der Waals surface area contributed by atoms with Crippen molar-refractivity contribution < 1.29 is 4.79 Å². The summed E-state index contributed by atoms with van der Waals surface area (Å²) in [7, 11) is 0. The molecule has 2 aliphatic rings. The number of hydrogen-bond acceptors (Lipinski definition) is 4. The molecule has 0 amide bonds. The molecule has 0 N–H and O–H groups in total. The minimum absolute atomic E-state index is 0.0516. The summed E-state index contributed by atoms with van der Waals surface area (Å²) >= 11 is 3.42. The predicted molar refractivity (Wildman–Crippen MR) is 105 cm³/mol. The molecule has 0 unspecified atom stereocenters. The van der Waals surface area contributed by atoms with Crippen LogP contribution in [0.5, 0.6) is 0 Å². The number of carbonyl (C=O) groups is 1. The standard InChI is InChI=1S/C22H16BrN3O/c1-14(27)20-19(16-6-8-17(23)9-7-16)22(12-24,13-25)21-18-5-3-2-4-15(18)10-11-26(20)21/h2-11,19-21H,1H3/t19-,20-,21+/m1/s1. The van der Waals surface area contributed by atoms with E-state index in [0.29, 0.717) is 0 Å². The van der Waals surface area contributed by atoms with Crippen LogP contribution in [0.2, 0.25) is 0 Å². The van der Waals surface area contributed by atoms with E-state index in [1.807, 2.05) is 65.7 Å². The zero-order valence-corrected chi connectivity index (χ0v) is 16.2. The number of halogens is 1. The van der Waals surface area contributed by atoms with Gasteiger partial charge in [-0.1, -0.05) is 52.3 Å². The number of carbonyl (C=O) groups excluding carboxylic acids is 1. The lowest BCUT2D eigenvalue weighted by atomic mass is 9.68. The van der Waals surface area contributed by atoms with Gasteiger partial charge in [0.05, 0.1) is 24.2 Å². The Bertz CT molecular complexity index is 1010. The molecule has 2 aromatic carbocycles. The molecule has 0 spiro atoms. The maximum absolute atomic E-state index is 12.7. The lowest BCUT2D eigenvalue weighted by molar-refractivity contribution is -0.121. The summed E-state index contributed by atoms with van der Waals surface area (Å²) in [4.78, 5) is 14.6. The van der Waals surface area contributed by atoms with E-state index in [-0.39, 0.29) is 5.78 Å². The van der Waals surface area contributed by atoms with Crippen molar-refractivity contribution in [2.45, 2.75) is 24.9 Å². The molecule has 0 aromatic heterocycles. The Balaban J connectivity index is 2.00. The summed E-state index contributed by atoms with van der Waals surface area (Å²) in [6, 6.07) is 18.9. The maximum atomic E-state index is 12.7. The van der Waals surface area contributed by atoms with Crippen molar-refractivity contribution in [3.05, 3.63) is 75.9 Å². The molecular weight excluding hydrogens is 402 g/mol. The highest BCUT2D eigenvalue weighted by molar-refractivity contribution is 9.10. The third kappa shape index (κ3) is 2.43. The van der Waals surface area contributed by atoms with Crippen LogP contribution in [-0.4, -0.2) is 16.7 Å². The van der Waals surface area contributed by atoms with Gasteiger partial charge in [-0.3, -0.25) is 4.79 Å². The predicted octanol–water partition coefficient (Wildman–Crippen LogP) is 4.57. The van der Waals surface area contributed by atoms with Gasteiger partial charge in [-0.2, -0.15) is 10.5 Å². The quantitative estimate of drug-likeness (QED) is 0.717. The van der Waals surface area contributed by atoms with Crippen LogP contribution in [0.15, 0.2) is 59.2 Å². The van der Waals surface area contributed by atoms with Gasteiger partial charge in [0, 0.05) is 16.6 Å². The Morgan fingerprint density at radius 2 is 1.78 bits per heavy atom. The number of nitrogens with zero attached hydrogens (tertiary/aromatic N) is 3. The molecule has 0 saturated carbocycles. The molecule has 5 heteroatoms. The Morgan fingerprint density at radius 3 is 2.41 bits per heavy atom. The normalized spacial score (nSPS) is 24.4. The van der Waals surface area contributed by atoms with Gasteiger partial charge in [0.15, 0.2) is 11.2 Å². The van der Waals surface area contributed by atoms with Gasteiger partial charge in [-0.15, -0.1) is 0 Å². The van der Waals surface area contributed by atoms with Crippen LogP contribution >= 0.6 is 15.9 Å². The largest absolute Gasteiger partial charge is 0.357 e. The van der Waals surface area contributed by atoms with Crippen LogP contribution in [0.3, 0.4) is 0 Å². The number of hydrogen-bond donors (Lipinski definition) is 0. The number of fused-ring (bicyclic) bond motifs is 3. The van der Waals surface area contributed by atoms with Crippen molar-refractivity contribution in [1.82, 2.24) is 4.90 Å². The third-order valence-corrected chi connectivity index (χ3v) is 6.12. The summed E-state index contributed by atoms with van der Waals surface area (Å²) < 4.78 is 0.908. The number of rotatable bonds is 2. The molecule has 1 fully saturated rings. The maximum Gasteiger partial charge on any atom is 0.177 e. The lowest BCUT2D eigenvalue weighted by Gasteiger charge is -2.34. The summed E-state index contributed by atoms with van der Waals surface area (Å²) in [6.45, 7) is 1.53. The molecule has 2 aromatic rings. The van der Waals surface area contributed by atoms with E-state index >= 15 is 0 Å². The van der Waals surface area contributed by atoms with E-state index < -0.39 is 23.4 Å². The molecule has 4 nitrogen and oxygen atoms in total. The topological polar surface area (TPSA) is 67.9 Å². The summed E-state index contributed by atoms with van der Waals surface area (Å²) in [5.74, 6) is -0.594. The fourth-order valence-electron chi connectivity index (χ4n) is 4.50. The molecule has 0 bridgehead atoms. The zero-order valence-electron chi connectivity index (χ0n) is 14.6. The Morgan fingerprint density at radius 1 is 1.11 bits per heavy atom. The van der Waals surface area contributed by atoms with Gasteiger partial charge >= 0.3 is 0 Å². The van der Waals surface area contributed by atoms with Gasteiger partial charge in [0.25, 0.3) is 0 Å². The highest BCUT2D eigenvalue weighted by Crippen LogP contribution is 2.59. The van der Waals surface area contributed by atoms with Crippen LogP contribution in [0, 0.1) is 28.1 Å². The van der Waals surface area contributed by atoms with E-state index in [1.165, 1.54) is 6.92 Å². The summed E-state index contributed by atoms with van der Waals surface area (Å²) in [6.07, 6.45) is 3.81. The van der Waals surface area contributed by atoms with Crippen LogP contribution < -0.4 is 0 Å². The second-order valence-electron chi connectivity index (χ2n) is 6.97. The molecule has 4 rings (SSSR count). The van der Waals surface area contributed by atoms with E-state index in [4.69, 9.17) is 0 Å². The molecular formula is C22H16BrN3O. The van der Waals surface area contributed by atoms with Gasteiger partial charge in [0.2, 0.25) is 0 Å². The number of ketones is 1. The Labute approximate surface area is 166 Å². The lowest BCUT2D eigenvalue weighted by Crippen LogP contribution is -2.36. The molecule has 0 aliphatic carbocycles. The van der Waals surface area contributed by atoms with Gasteiger partial charge in [0.1, 0.15) is 0 Å². The van der Waals surface area contributed by atoms with Crippen LogP contribution in [0.1, 0.15) is 35.6 Å². The van der Waals surface area contributed by atoms with Crippen molar-refractivity contribution >= 4 is 27.8 Å². The molecule has 2 aliphatic heterocycles. The zero-order chi connectivity index (χ0) is 19.2. The van der Waals surface area contributed by atoms with E-state index in [2.05, 4.69) is 28.1 Å². The average molecular weight is 418 g/mol. The van der Waals surface area contributed by atoms with Gasteiger partial charge in [-0.25, -0.2) is 0 Å². The second kappa shape index (κ2) is 6.37. The Kier molecular flexibility index (Phi) is 4.13. The highest BCUT2D eigenvalue weighted by Gasteiger charge is 2.63. The van der Waals surface area contributed by atoms with Crippen molar-refractivity contribution in [3.63, 3.8) is 0 Å². The molecule has 2 heterocycles. The smallest absolute Gasteiger partial charge is 0.177 e. The molecule has 0 radical (unpaired) electrons. The minimum Gasteiger partial charge on any atom is -0.357 e. The first-order valence-electron chi connectivity index (χ1n) is 8.66. The molecule has 1 saturated heterocycles. The van der Waals surface area contributed by atoms with Crippen LogP contribution in [0.25, 0.3) is 6.08 Å². The Hall–Kier alpha value is -2.89. The number of benzene rings is 2. The monoisotopic (exact) mass is 417 g/mol. The molecule has 27 heavy (non-hydrogen) atoms. The van der Waals surface area contributed by atoms with Crippen molar-refractivity contribution in [3.8, 4) is 12.1 Å². The number of nitriles is 2. The van der Waals surface area contributed by atoms with Gasteiger partial charge in [-0.05, 0) is 41.8 Å². The van der Waals surface area contributed by atoms with Crippen molar-refractivity contribution in [1.29, 1.82) is 10.5 Å².